The van der Waals surface area contributed by atoms with Crippen LogP contribution < -0.4 is 0 Å². The predicted octanol–water partition coefficient (Wildman–Crippen LogP) is 7.14. The Morgan fingerprint density at radius 2 is 1.86 bits per heavy atom. The van der Waals surface area contributed by atoms with Gasteiger partial charge < -0.3 is 9.47 Å². The zero-order valence-electron chi connectivity index (χ0n) is 19.3. The molecule has 4 aliphatic rings. The summed E-state index contributed by atoms with van der Waals surface area (Å²) in [5, 5.41) is 0. The second kappa shape index (κ2) is 8.71. The summed E-state index contributed by atoms with van der Waals surface area (Å²) in [6, 6.07) is 0. The molecule has 0 aromatic heterocycles. The third-order valence-corrected chi connectivity index (χ3v) is 12.3. The number of hydrogen-bond acceptors (Lipinski definition) is 4. The Labute approximate surface area is 187 Å². The smallest absolute Gasteiger partial charge is 0.173 e. The van der Waals surface area contributed by atoms with Gasteiger partial charge in [0, 0.05) is 25.6 Å². The van der Waals surface area contributed by atoms with E-state index in [1.54, 1.807) is 0 Å². The Balaban J connectivity index is 1.60. The van der Waals surface area contributed by atoms with Gasteiger partial charge in [-0.1, -0.05) is 25.5 Å². The van der Waals surface area contributed by atoms with E-state index in [2.05, 4.69) is 56.6 Å². The van der Waals surface area contributed by atoms with Gasteiger partial charge in [-0.15, -0.1) is 23.5 Å². The lowest BCUT2D eigenvalue weighted by Crippen LogP contribution is -2.56. The third kappa shape index (κ3) is 3.38. The van der Waals surface area contributed by atoms with E-state index in [1.165, 1.54) is 57.1 Å². The average molecular weight is 439 g/mol. The van der Waals surface area contributed by atoms with Crippen LogP contribution in [0.15, 0.2) is 11.6 Å². The van der Waals surface area contributed by atoms with Gasteiger partial charge in [0.15, 0.2) is 5.79 Å². The van der Waals surface area contributed by atoms with Gasteiger partial charge in [0.05, 0.1) is 4.08 Å². The molecule has 4 rings (SSSR count). The fraction of sp³-hybridized carbons (Fsp3) is 0.920. The lowest BCUT2D eigenvalue weighted by Gasteiger charge is -2.57. The molecule has 0 aromatic carbocycles. The monoisotopic (exact) mass is 438 g/mol. The number of fused-ring (bicyclic) bond motifs is 5. The normalized spacial score (nSPS) is 46.6. The zero-order chi connectivity index (χ0) is 20.7. The Hall–Kier alpha value is 0.360. The molecule has 29 heavy (non-hydrogen) atoms. The van der Waals surface area contributed by atoms with Crippen LogP contribution >= 0.6 is 23.5 Å². The number of ether oxygens (including phenoxy) is 2. The molecule has 0 heterocycles. The van der Waals surface area contributed by atoms with Gasteiger partial charge >= 0.3 is 0 Å². The Kier molecular flexibility index (Phi) is 6.78. The molecule has 0 N–H and O–H groups in total. The van der Waals surface area contributed by atoms with Gasteiger partial charge in [0.2, 0.25) is 0 Å². The number of methoxy groups -OCH3 is 1. The summed E-state index contributed by atoms with van der Waals surface area (Å²) < 4.78 is 13.0. The predicted molar refractivity (Wildman–Crippen MR) is 127 cm³/mol. The van der Waals surface area contributed by atoms with E-state index in [4.69, 9.17) is 9.47 Å². The van der Waals surface area contributed by atoms with Crippen LogP contribution in [0.2, 0.25) is 0 Å². The molecule has 4 heteroatoms. The van der Waals surface area contributed by atoms with Crippen molar-refractivity contribution in [1.82, 2.24) is 0 Å². The van der Waals surface area contributed by atoms with Crippen LogP contribution in [-0.4, -0.2) is 35.6 Å². The maximum absolute atomic E-state index is 6.42. The van der Waals surface area contributed by atoms with E-state index in [1.807, 2.05) is 12.7 Å². The standard InChI is InChI=1S/C25H42O2S2/c1-6-23-14-11-20-19-12-15-24(28-5,29-8-3)17-18(19)9-10-21(20)22(23)13-16-25(23,26-4)27-7-2/h17,19-22H,6-16H2,1-5H3. The van der Waals surface area contributed by atoms with Gasteiger partial charge in [-0.3, -0.25) is 0 Å². The molecule has 7 atom stereocenters. The average Bonchev–Trinajstić information content (AvgIpc) is 3.09. The molecule has 0 spiro atoms. The molecule has 3 fully saturated rings. The van der Waals surface area contributed by atoms with Gasteiger partial charge in [-0.05, 0) is 94.0 Å². The molecule has 4 aliphatic carbocycles. The summed E-state index contributed by atoms with van der Waals surface area (Å²) in [5.41, 5.74) is 2.05. The highest BCUT2D eigenvalue weighted by atomic mass is 32.2. The Morgan fingerprint density at radius 3 is 2.52 bits per heavy atom. The van der Waals surface area contributed by atoms with Crippen LogP contribution in [0.5, 0.6) is 0 Å². The SMILES string of the molecule is CCOC1(OC)CCC2C3CCC4=CC(SC)(SCC)CCC4C3CCC21CC. The maximum atomic E-state index is 6.42. The van der Waals surface area contributed by atoms with Crippen molar-refractivity contribution < 1.29 is 9.47 Å². The van der Waals surface area contributed by atoms with E-state index < -0.39 is 0 Å². The van der Waals surface area contributed by atoms with E-state index in [-0.39, 0.29) is 11.2 Å². The first-order valence-electron chi connectivity index (χ1n) is 12.1. The minimum absolute atomic E-state index is 0.232. The molecular formula is C25H42O2S2. The first-order chi connectivity index (χ1) is 14.0. The molecule has 7 unspecified atom stereocenters. The minimum atomic E-state index is -0.333. The van der Waals surface area contributed by atoms with Crippen molar-refractivity contribution in [2.24, 2.45) is 29.1 Å². The Morgan fingerprint density at radius 1 is 1.03 bits per heavy atom. The molecule has 0 aromatic rings. The van der Waals surface area contributed by atoms with Crippen molar-refractivity contribution in [3.63, 3.8) is 0 Å². The summed E-state index contributed by atoms with van der Waals surface area (Å²) in [7, 11) is 1.90. The van der Waals surface area contributed by atoms with Crippen molar-refractivity contribution >= 4 is 23.5 Å². The molecule has 0 saturated heterocycles. The van der Waals surface area contributed by atoms with E-state index in [0.29, 0.717) is 4.08 Å². The van der Waals surface area contributed by atoms with Gasteiger partial charge in [0.25, 0.3) is 0 Å². The molecule has 0 aliphatic heterocycles. The topological polar surface area (TPSA) is 18.5 Å². The number of hydrogen-bond donors (Lipinski definition) is 0. The summed E-state index contributed by atoms with van der Waals surface area (Å²) in [5.74, 6) is 4.31. The lowest BCUT2D eigenvalue weighted by molar-refractivity contribution is -0.293. The number of rotatable bonds is 7. The van der Waals surface area contributed by atoms with Crippen molar-refractivity contribution in [3.8, 4) is 0 Å². The first-order valence-corrected chi connectivity index (χ1v) is 14.3. The summed E-state index contributed by atoms with van der Waals surface area (Å²) in [6.45, 7) is 7.61. The van der Waals surface area contributed by atoms with Crippen molar-refractivity contribution in [3.05, 3.63) is 11.6 Å². The zero-order valence-corrected chi connectivity index (χ0v) is 20.9. The van der Waals surface area contributed by atoms with Crippen LogP contribution in [-0.2, 0) is 9.47 Å². The highest BCUT2D eigenvalue weighted by molar-refractivity contribution is 8.18. The fourth-order valence-electron chi connectivity index (χ4n) is 8.19. The summed E-state index contributed by atoms with van der Waals surface area (Å²) >= 11 is 4.25. The molecule has 3 saturated carbocycles. The van der Waals surface area contributed by atoms with Gasteiger partial charge in [0.1, 0.15) is 0 Å². The summed E-state index contributed by atoms with van der Waals surface area (Å²) in [4.78, 5) is 0. The quantitative estimate of drug-likeness (QED) is 0.310. The van der Waals surface area contributed by atoms with Gasteiger partial charge in [-0.25, -0.2) is 0 Å². The number of allylic oxidation sites excluding steroid dienone is 1. The van der Waals surface area contributed by atoms with Crippen LogP contribution in [0, 0.1) is 29.1 Å². The summed E-state index contributed by atoms with van der Waals surface area (Å²) in [6.07, 6.45) is 16.8. The van der Waals surface area contributed by atoms with E-state index in [9.17, 15) is 0 Å². The Bertz CT molecular complexity index is 622. The second-order valence-electron chi connectivity index (χ2n) is 9.76. The van der Waals surface area contributed by atoms with Crippen molar-refractivity contribution in [2.75, 3.05) is 25.7 Å². The first kappa shape index (κ1) is 22.6. The number of thioether (sulfide) groups is 2. The van der Waals surface area contributed by atoms with Crippen LogP contribution in [0.3, 0.4) is 0 Å². The highest BCUT2D eigenvalue weighted by Gasteiger charge is 2.65. The van der Waals surface area contributed by atoms with E-state index >= 15 is 0 Å². The molecule has 166 valence electrons. The molecule has 0 bridgehead atoms. The van der Waals surface area contributed by atoms with Crippen molar-refractivity contribution in [1.29, 1.82) is 0 Å². The van der Waals surface area contributed by atoms with Crippen molar-refractivity contribution in [2.45, 2.75) is 88.4 Å². The van der Waals surface area contributed by atoms with Crippen LogP contribution in [0.1, 0.15) is 78.6 Å². The third-order valence-electron chi connectivity index (χ3n) is 9.28. The molecule has 2 nitrogen and oxygen atoms in total. The molecule has 0 amide bonds. The van der Waals surface area contributed by atoms with Gasteiger partial charge in [-0.2, -0.15) is 0 Å². The van der Waals surface area contributed by atoms with Crippen LogP contribution in [0.4, 0.5) is 0 Å². The molecular weight excluding hydrogens is 396 g/mol. The maximum Gasteiger partial charge on any atom is 0.173 e. The lowest BCUT2D eigenvalue weighted by atomic mass is 9.50. The van der Waals surface area contributed by atoms with E-state index in [0.717, 1.165) is 36.7 Å². The van der Waals surface area contributed by atoms with Crippen LogP contribution in [0.25, 0.3) is 0 Å². The largest absolute Gasteiger partial charge is 0.353 e. The second-order valence-corrected chi connectivity index (χ2v) is 12.8. The highest BCUT2D eigenvalue weighted by Crippen LogP contribution is 2.68. The fourth-order valence-corrected chi connectivity index (χ4v) is 10.6. The molecule has 0 radical (unpaired) electrons. The minimum Gasteiger partial charge on any atom is -0.353 e.